The van der Waals surface area contributed by atoms with Crippen LogP contribution in [-0.2, 0) is 38.0 Å². The molecule has 0 amide bonds. The van der Waals surface area contributed by atoms with E-state index in [0.29, 0.717) is 36.2 Å². The molecule has 8 nitrogen and oxygen atoms in total. The maximum Gasteiger partial charge on any atom is 0.338 e. The lowest BCUT2D eigenvalue weighted by Crippen LogP contribution is -2.67. The largest absolute Gasteiger partial charge is 0.463 e. The maximum absolute atomic E-state index is 13.3. The van der Waals surface area contributed by atoms with Gasteiger partial charge in [0.15, 0.2) is 23.8 Å². The first-order valence-electron chi connectivity index (χ1n) is 19.8. The minimum atomic E-state index is -0.754. The second-order valence-corrected chi connectivity index (χ2v) is 20.1. The first-order valence-corrected chi connectivity index (χ1v) is 19.8. The van der Waals surface area contributed by atoms with E-state index in [1.165, 1.54) is 31.3 Å². The molecule has 7 rings (SSSR count). The molecule has 0 spiro atoms. The van der Waals surface area contributed by atoms with E-state index in [-0.39, 0.29) is 58.3 Å². The number of rotatable bonds is 6. The Balaban J connectivity index is 1.11. The fraction of sp³-hybridized carbons (Fsp3) is 0.905. The van der Waals surface area contributed by atoms with Crippen LogP contribution in [0.1, 0.15) is 133 Å². The lowest BCUT2D eigenvalue weighted by Gasteiger charge is -2.73. The number of hydrogen-bond donors (Lipinski definition) is 0. The van der Waals surface area contributed by atoms with Gasteiger partial charge in [0, 0.05) is 10.8 Å². The van der Waals surface area contributed by atoms with E-state index in [9.17, 15) is 9.59 Å². The third-order valence-corrected chi connectivity index (χ3v) is 16.5. The van der Waals surface area contributed by atoms with E-state index in [1.807, 2.05) is 27.7 Å². The molecule has 12 atom stereocenters. The minimum absolute atomic E-state index is 0.0179. The van der Waals surface area contributed by atoms with Crippen molar-refractivity contribution in [1.82, 2.24) is 0 Å². The lowest BCUT2D eigenvalue weighted by atomic mass is 9.32. The topological polar surface area (TPSA) is 89.5 Å². The molecule has 0 aromatic carbocycles. The van der Waals surface area contributed by atoms with Crippen molar-refractivity contribution in [3.05, 3.63) is 12.2 Å². The van der Waals surface area contributed by atoms with Crippen molar-refractivity contribution >= 4 is 11.9 Å². The molecule has 5 aliphatic carbocycles. The van der Waals surface area contributed by atoms with Crippen LogP contribution in [0.25, 0.3) is 0 Å². The first kappa shape index (κ1) is 36.9. The Kier molecular flexibility index (Phi) is 8.86. The summed E-state index contributed by atoms with van der Waals surface area (Å²) in [5.74, 6) is 0.495. The van der Waals surface area contributed by atoms with Crippen LogP contribution in [0, 0.1) is 56.7 Å². The van der Waals surface area contributed by atoms with Crippen molar-refractivity contribution < 1.29 is 38.0 Å². The summed E-state index contributed by atoms with van der Waals surface area (Å²) in [5, 5.41) is 0. The Labute approximate surface area is 301 Å². The highest BCUT2D eigenvalue weighted by Crippen LogP contribution is 2.77. The molecule has 2 saturated heterocycles. The number of carbonyl (C=O) groups is 2. The van der Waals surface area contributed by atoms with E-state index in [2.05, 4.69) is 48.1 Å². The standard InChI is InChI=1S/C42H66O8/c1-25(2)26-14-19-42(24-45-34(43)28-22-46-37(5,6)49-28)21-20-40(10)27(33(26)42)12-13-31-39(9)17-16-32(36(3,4)30(39)15-18-41(31,40)11)48-35(44)29-23-47-38(7,8)50-29/h26-33H,1,12-24H2,2-11H3/t26-,27+,28+,29+,30-,31+,32-,33+,39-,40+,41+,42+/m0/s1. The van der Waals surface area contributed by atoms with Crippen LogP contribution in [-0.4, -0.2) is 61.6 Å². The average molecular weight is 699 g/mol. The molecule has 7 aliphatic rings. The zero-order valence-electron chi connectivity index (χ0n) is 32.8. The van der Waals surface area contributed by atoms with Crippen molar-refractivity contribution in [2.75, 3.05) is 19.8 Å². The molecule has 0 aromatic heterocycles. The highest BCUT2D eigenvalue weighted by Gasteiger charge is 2.71. The summed E-state index contributed by atoms with van der Waals surface area (Å²) in [6, 6.07) is 0. The predicted octanol–water partition coefficient (Wildman–Crippen LogP) is 8.40. The van der Waals surface area contributed by atoms with Gasteiger partial charge in [-0.25, -0.2) is 9.59 Å². The minimum Gasteiger partial charge on any atom is -0.463 e. The smallest absolute Gasteiger partial charge is 0.338 e. The third kappa shape index (κ3) is 5.57. The highest BCUT2D eigenvalue weighted by molar-refractivity contribution is 5.75. The molecular formula is C42H66O8. The van der Waals surface area contributed by atoms with Crippen LogP contribution in [0.5, 0.6) is 0 Å². The monoisotopic (exact) mass is 698 g/mol. The number of fused-ring (bicyclic) bond motifs is 7. The summed E-state index contributed by atoms with van der Waals surface area (Å²) >= 11 is 0. The number of hydrogen-bond acceptors (Lipinski definition) is 8. The van der Waals surface area contributed by atoms with Gasteiger partial charge in [-0.05, 0) is 145 Å². The predicted molar refractivity (Wildman–Crippen MR) is 190 cm³/mol. The molecule has 0 unspecified atom stereocenters. The Bertz CT molecular complexity index is 1390. The lowest BCUT2D eigenvalue weighted by molar-refractivity contribution is -0.253. The SMILES string of the molecule is C=C(C)[C@@H]1CC[C@]2(COC(=O)[C@H]3COC(C)(C)O3)CC[C@]3(C)[C@H](CC[C@@H]4[C@@]5(C)CC[C@H](OC(=O)[C@H]6COC(C)(C)O6)C(C)(C)[C@@H]5CC[C@]43C)[C@@H]12. The zero-order chi connectivity index (χ0) is 36.3. The van der Waals surface area contributed by atoms with Crippen LogP contribution < -0.4 is 0 Å². The molecule has 2 heterocycles. The van der Waals surface area contributed by atoms with Crippen molar-refractivity contribution in [1.29, 1.82) is 0 Å². The quantitative estimate of drug-likeness (QED) is 0.202. The Morgan fingerprint density at radius 3 is 1.94 bits per heavy atom. The summed E-state index contributed by atoms with van der Waals surface area (Å²) in [6.07, 6.45) is 9.79. The fourth-order valence-corrected chi connectivity index (χ4v) is 13.9. The van der Waals surface area contributed by atoms with Crippen molar-refractivity contribution in [2.24, 2.45) is 56.7 Å². The van der Waals surface area contributed by atoms with Crippen molar-refractivity contribution in [3.63, 3.8) is 0 Å². The first-order chi connectivity index (χ1) is 23.2. The van der Waals surface area contributed by atoms with Gasteiger partial charge in [-0.2, -0.15) is 0 Å². The fourth-order valence-electron chi connectivity index (χ4n) is 13.9. The van der Waals surface area contributed by atoms with Gasteiger partial charge in [-0.3, -0.25) is 0 Å². The van der Waals surface area contributed by atoms with Gasteiger partial charge in [0.25, 0.3) is 0 Å². The maximum atomic E-state index is 13.3. The average Bonchev–Trinajstić information content (AvgIpc) is 3.71. The van der Waals surface area contributed by atoms with E-state index in [1.54, 1.807) is 0 Å². The molecular weight excluding hydrogens is 632 g/mol. The second kappa shape index (κ2) is 12.0. The van der Waals surface area contributed by atoms with E-state index in [4.69, 9.17) is 28.4 Å². The Hall–Kier alpha value is -1.48. The number of carbonyl (C=O) groups excluding carboxylic acids is 2. The molecule has 0 radical (unpaired) electrons. The highest BCUT2D eigenvalue weighted by atomic mass is 16.8. The number of ether oxygens (including phenoxy) is 6. The van der Waals surface area contributed by atoms with Gasteiger partial charge in [0.2, 0.25) is 0 Å². The van der Waals surface area contributed by atoms with Crippen molar-refractivity contribution in [3.8, 4) is 0 Å². The van der Waals surface area contributed by atoms with Crippen LogP contribution in [0.2, 0.25) is 0 Å². The van der Waals surface area contributed by atoms with Crippen LogP contribution in [0.4, 0.5) is 0 Å². The summed E-state index contributed by atoms with van der Waals surface area (Å²) in [7, 11) is 0. The molecule has 282 valence electrons. The van der Waals surface area contributed by atoms with Gasteiger partial charge in [0.05, 0.1) is 19.8 Å². The molecule has 5 saturated carbocycles. The van der Waals surface area contributed by atoms with E-state index >= 15 is 0 Å². The molecule has 0 aromatic rings. The van der Waals surface area contributed by atoms with Gasteiger partial charge in [0.1, 0.15) is 6.10 Å². The number of allylic oxidation sites excluding steroid dienone is 1. The summed E-state index contributed by atoms with van der Waals surface area (Å²) in [4.78, 5) is 26.6. The molecule has 50 heavy (non-hydrogen) atoms. The molecule has 2 aliphatic heterocycles. The Morgan fingerprint density at radius 1 is 0.700 bits per heavy atom. The van der Waals surface area contributed by atoms with Crippen molar-refractivity contribution in [2.45, 2.75) is 163 Å². The van der Waals surface area contributed by atoms with Crippen LogP contribution in [0.15, 0.2) is 12.2 Å². The summed E-state index contributed by atoms with van der Waals surface area (Å²) in [5.41, 5.74) is 1.70. The van der Waals surface area contributed by atoms with Crippen LogP contribution >= 0.6 is 0 Å². The van der Waals surface area contributed by atoms with E-state index < -0.39 is 23.8 Å². The van der Waals surface area contributed by atoms with Gasteiger partial charge in [-0.1, -0.05) is 46.8 Å². The van der Waals surface area contributed by atoms with Crippen LogP contribution in [0.3, 0.4) is 0 Å². The second-order valence-electron chi connectivity index (χ2n) is 20.1. The molecule has 0 bridgehead atoms. The van der Waals surface area contributed by atoms with Gasteiger partial charge < -0.3 is 28.4 Å². The summed E-state index contributed by atoms with van der Waals surface area (Å²) < 4.78 is 35.6. The van der Waals surface area contributed by atoms with E-state index in [0.717, 1.165) is 38.5 Å². The normalized spacial score (nSPS) is 48.4. The number of esters is 2. The van der Waals surface area contributed by atoms with Gasteiger partial charge >= 0.3 is 11.9 Å². The summed E-state index contributed by atoms with van der Waals surface area (Å²) in [6.45, 7) is 27.7. The zero-order valence-corrected chi connectivity index (χ0v) is 32.8. The third-order valence-electron chi connectivity index (χ3n) is 16.5. The van der Waals surface area contributed by atoms with Gasteiger partial charge in [-0.15, -0.1) is 0 Å². The molecule has 8 heteroatoms. The molecule has 7 fully saturated rings. The molecule has 0 N–H and O–H groups in total. The Morgan fingerprint density at radius 2 is 1.34 bits per heavy atom.